The summed E-state index contributed by atoms with van der Waals surface area (Å²) in [7, 11) is 1.18. The average molecular weight is 464 g/mol. The quantitative estimate of drug-likeness (QED) is 0.336. The van der Waals surface area contributed by atoms with E-state index < -0.39 is 66.3 Å². The third-order valence-electron chi connectivity index (χ3n) is 4.50. The van der Waals surface area contributed by atoms with Crippen molar-refractivity contribution in [2.45, 2.75) is 20.4 Å². The molecule has 2 aromatic rings. The van der Waals surface area contributed by atoms with Crippen molar-refractivity contribution >= 4 is 23.3 Å². The zero-order valence-electron chi connectivity index (χ0n) is 18.2. The minimum Gasteiger partial charge on any atom is -0.460 e. The van der Waals surface area contributed by atoms with Gasteiger partial charge in [0.1, 0.15) is 12.4 Å². The SMILES string of the molecule is C#Cc1ccc(Nc2c(C(=O)OCCO)cc(CN(OC)C(=O)C(C)C)c(F)c2F)c(F)c1. The molecule has 2 N–H and O–H groups in total. The van der Waals surface area contributed by atoms with Crippen molar-refractivity contribution in [2.75, 3.05) is 25.6 Å². The molecule has 0 radical (unpaired) electrons. The smallest absolute Gasteiger partial charge is 0.340 e. The Morgan fingerprint density at radius 1 is 1.21 bits per heavy atom. The van der Waals surface area contributed by atoms with Gasteiger partial charge in [-0.25, -0.2) is 23.0 Å². The van der Waals surface area contributed by atoms with Gasteiger partial charge in [-0.2, -0.15) is 0 Å². The lowest BCUT2D eigenvalue weighted by molar-refractivity contribution is -0.183. The minimum absolute atomic E-state index is 0.220. The van der Waals surface area contributed by atoms with E-state index in [4.69, 9.17) is 21.1 Å². The largest absolute Gasteiger partial charge is 0.460 e. The van der Waals surface area contributed by atoms with Crippen LogP contribution in [-0.4, -0.2) is 42.4 Å². The van der Waals surface area contributed by atoms with Crippen LogP contribution in [0.2, 0.25) is 0 Å². The van der Waals surface area contributed by atoms with Crippen LogP contribution in [0.3, 0.4) is 0 Å². The number of hydrogen-bond donors (Lipinski definition) is 2. The van der Waals surface area contributed by atoms with Gasteiger partial charge >= 0.3 is 5.97 Å². The van der Waals surface area contributed by atoms with Gasteiger partial charge in [0.2, 0.25) is 5.91 Å². The summed E-state index contributed by atoms with van der Waals surface area (Å²) in [6, 6.07) is 4.54. The molecule has 0 aliphatic carbocycles. The molecule has 0 fully saturated rings. The van der Waals surface area contributed by atoms with Crippen molar-refractivity contribution in [2.24, 2.45) is 5.92 Å². The first-order valence-electron chi connectivity index (χ1n) is 9.82. The maximum absolute atomic E-state index is 15.1. The number of hydrogen-bond acceptors (Lipinski definition) is 6. The van der Waals surface area contributed by atoms with Gasteiger partial charge in [0.15, 0.2) is 11.6 Å². The number of carbonyl (C=O) groups excluding carboxylic acids is 2. The molecule has 0 aliphatic rings. The molecule has 0 bridgehead atoms. The van der Waals surface area contributed by atoms with Crippen LogP contribution in [0, 0.1) is 35.7 Å². The number of hydroxylamine groups is 2. The van der Waals surface area contributed by atoms with E-state index in [1.807, 2.05) is 0 Å². The van der Waals surface area contributed by atoms with Gasteiger partial charge in [0, 0.05) is 17.0 Å². The standard InChI is InChI=1S/C23H23F3N2O5/c1-5-14-6-7-18(17(24)10-14)27-21-16(23(31)33-9-8-29)11-15(19(25)20(21)26)12-28(32-4)22(30)13(2)3/h1,6-7,10-11,13,27,29H,8-9,12H2,2-4H3. The number of anilines is 2. The highest BCUT2D eigenvalue weighted by atomic mass is 19.2. The van der Waals surface area contributed by atoms with Crippen LogP contribution < -0.4 is 5.32 Å². The molecular formula is C23H23F3N2O5. The van der Waals surface area contributed by atoms with Crippen molar-refractivity contribution in [3.63, 3.8) is 0 Å². The van der Waals surface area contributed by atoms with Crippen molar-refractivity contribution < 1.29 is 37.4 Å². The fraction of sp³-hybridized carbons (Fsp3) is 0.304. The first-order valence-corrected chi connectivity index (χ1v) is 9.82. The van der Waals surface area contributed by atoms with Crippen molar-refractivity contribution in [3.8, 4) is 12.3 Å². The van der Waals surface area contributed by atoms with E-state index in [1.54, 1.807) is 13.8 Å². The van der Waals surface area contributed by atoms with Crippen LogP contribution in [0.4, 0.5) is 24.5 Å². The van der Waals surface area contributed by atoms with Crippen LogP contribution in [0.1, 0.15) is 35.3 Å². The highest BCUT2D eigenvalue weighted by Crippen LogP contribution is 2.31. The van der Waals surface area contributed by atoms with Gasteiger partial charge in [-0.1, -0.05) is 19.8 Å². The zero-order valence-corrected chi connectivity index (χ0v) is 18.2. The average Bonchev–Trinajstić information content (AvgIpc) is 2.80. The van der Waals surface area contributed by atoms with Crippen LogP contribution in [0.5, 0.6) is 0 Å². The molecule has 176 valence electrons. The summed E-state index contributed by atoms with van der Waals surface area (Å²) in [5, 5.41) is 12.1. The van der Waals surface area contributed by atoms with E-state index in [-0.39, 0.29) is 16.8 Å². The first-order chi connectivity index (χ1) is 15.6. The van der Waals surface area contributed by atoms with Crippen LogP contribution in [-0.2, 0) is 20.9 Å². The second kappa shape index (κ2) is 11.4. The molecule has 0 spiro atoms. The number of esters is 1. The molecule has 0 unspecified atom stereocenters. The molecule has 0 atom stereocenters. The Morgan fingerprint density at radius 2 is 1.91 bits per heavy atom. The molecule has 0 saturated heterocycles. The predicted octanol–water partition coefficient (Wildman–Crippen LogP) is 3.52. The Bertz CT molecular complexity index is 1080. The first kappa shape index (κ1) is 25.7. The lowest BCUT2D eigenvalue weighted by atomic mass is 10.1. The summed E-state index contributed by atoms with van der Waals surface area (Å²) < 4.78 is 49.2. The molecule has 2 aromatic carbocycles. The summed E-state index contributed by atoms with van der Waals surface area (Å²) in [6.45, 7) is 1.76. The number of rotatable bonds is 9. The Labute approximate surface area is 189 Å². The van der Waals surface area contributed by atoms with Crippen LogP contribution >= 0.6 is 0 Å². The molecule has 0 aliphatic heterocycles. The molecule has 7 nitrogen and oxygen atoms in total. The second-order valence-corrected chi connectivity index (χ2v) is 7.12. The summed E-state index contributed by atoms with van der Waals surface area (Å²) in [5.41, 5.74) is -1.61. The summed E-state index contributed by atoms with van der Waals surface area (Å²) in [4.78, 5) is 29.7. The summed E-state index contributed by atoms with van der Waals surface area (Å²) >= 11 is 0. The van der Waals surface area contributed by atoms with E-state index >= 15 is 4.39 Å². The molecule has 10 heteroatoms. The fourth-order valence-electron chi connectivity index (χ4n) is 2.81. The molecule has 0 aromatic heterocycles. The van der Waals surface area contributed by atoms with Gasteiger partial charge in [-0.15, -0.1) is 6.42 Å². The minimum atomic E-state index is -1.50. The predicted molar refractivity (Wildman–Crippen MR) is 114 cm³/mol. The normalized spacial score (nSPS) is 10.6. The highest BCUT2D eigenvalue weighted by molar-refractivity contribution is 5.97. The van der Waals surface area contributed by atoms with Gasteiger partial charge in [-0.3, -0.25) is 9.63 Å². The lowest BCUT2D eigenvalue weighted by Crippen LogP contribution is -2.33. The number of nitrogens with zero attached hydrogens (tertiary/aromatic N) is 1. The van der Waals surface area contributed by atoms with Gasteiger partial charge < -0.3 is 15.2 Å². The third kappa shape index (κ3) is 6.03. The molecule has 2 rings (SSSR count). The van der Waals surface area contributed by atoms with Gasteiger partial charge in [0.25, 0.3) is 0 Å². The molecule has 1 amide bonds. The summed E-state index contributed by atoms with van der Waals surface area (Å²) in [5.74, 6) is -3.61. The molecular weight excluding hydrogens is 441 g/mol. The Kier molecular flexibility index (Phi) is 8.85. The van der Waals surface area contributed by atoms with E-state index in [2.05, 4.69) is 11.2 Å². The third-order valence-corrected chi connectivity index (χ3v) is 4.50. The van der Waals surface area contributed by atoms with E-state index in [0.29, 0.717) is 0 Å². The van der Waals surface area contributed by atoms with Gasteiger partial charge in [0.05, 0.1) is 37.2 Å². The second-order valence-electron chi connectivity index (χ2n) is 7.12. The summed E-state index contributed by atoms with van der Waals surface area (Å²) in [6.07, 6.45) is 5.22. The Morgan fingerprint density at radius 3 is 2.45 bits per heavy atom. The van der Waals surface area contributed by atoms with E-state index in [1.165, 1.54) is 19.2 Å². The number of aliphatic hydroxyl groups is 1. The number of carbonyl (C=O) groups is 2. The number of halogens is 3. The number of nitrogens with one attached hydrogen (secondary N) is 1. The Balaban J connectivity index is 2.57. The maximum Gasteiger partial charge on any atom is 0.340 e. The monoisotopic (exact) mass is 464 g/mol. The van der Waals surface area contributed by atoms with Gasteiger partial charge in [-0.05, 0) is 24.3 Å². The van der Waals surface area contributed by atoms with Crippen LogP contribution in [0.15, 0.2) is 24.3 Å². The number of aliphatic hydroxyl groups excluding tert-OH is 1. The zero-order chi connectivity index (χ0) is 24.7. The van der Waals surface area contributed by atoms with Crippen molar-refractivity contribution in [1.29, 1.82) is 0 Å². The fourth-order valence-corrected chi connectivity index (χ4v) is 2.81. The molecule has 0 saturated carbocycles. The van der Waals surface area contributed by atoms with E-state index in [0.717, 1.165) is 17.2 Å². The maximum atomic E-state index is 15.1. The number of benzene rings is 2. The highest BCUT2D eigenvalue weighted by Gasteiger charge is 2.27. The molecule has 33 heavy (non-hydrogen) atoms. The molecule has 0 heterocycles. The lowest BCUT2D eigenvalue weighted by Gasteiger charge is -2.23. The van der Waals surface area contributed by atoms with Crippen molar-refractivity contribution in [1.82, 2.24) is 5.06 Å². The van der Waals surface area contributed by atoms with Crippen LogP contribution in [0.25, 0.3) is 0 Å². The Hall–Kier alpha value is -3.55. The topological polar surface area (TPSA) is 88.1 Å². The number of terminal acetylenes is 1. The number of ether oxygens (including phenoxy) is 1. The number of amides is 1. The van der Waals surface area contributed by atoms with E-state index in [9.17, 15) is 18.4 Å². The van der Waals surface area contributed by atoms with Crippen molar-refractivity contribution in [3.05, 3.63) is 58.4 Å².